The van der Waals surface area contributed by atoms with Gasteiger partial charge in [0.25, 0.3) is 5.82 Å². The Morgan fingerprint density at radius 1 is 1.00 bits per heavy atom. The van der Waals surface area contributed by atoms with Crippen LogP contribution in [0.1, 0.15) is 56.2 Å². The summed E-state index contributed by atoms with van der Waals surface area (Å²) in [4.78, 5) is 3.87. The average molecular weight is 461 g/mol. The van der Waals surface area contributed by atoms with Gasteiger partial charge in [0.1, 0.15) is 29.5 Å². The first-order valence-electron chi connectivity index (χ1n) is 11.6. The van der Waals surface area contributed by atoms with E-state index in [4.69, 9.17) is 4.42 Å². The molecule has 5 aromatic rings. The second kappa shape index (κ2) is 8.05. The maximum atomic E-state index is 15.2. The minimum atomic E-state index is -0.661. The molecule has 0 bridgehead atoms. The maximum Gasteiger partial charge on any atom is 0.297 e. The molecule has 0 N–H and O–H groups in total. The lowest BCUT2D eigenvalue weighted by Crippen LogP contribution is -2.29. The summed E-state index contributed by atoms with van der Waals surface area (Å²) in [5, 5.41) is 0.776. The monoisotopic (exact) mass is 460 g/mol. The number of imidazole rings is 1. The molecule has 0 aliphatic carbocycles. The van der Waals surface area contributed by atoms with Crippen molar-refractivity contribution in [3.05, 3.63) is 77.2 Å². The number of fused-ring (bicyclic) bond motifs is 3. The summed E-state index contributed by atoms with van der Waals surface area (Å²) in [5.74, 6) is 0.405. The Morgan fingerprint density at radius 2 is 1.68 bits per heavy atom. The fraction of sp³-hybridized carbons (Fsp3) is 0.286. The van der Waals surface area contributed by atoms with E-state index in [2.05, 4.69) is 55.4 Å². The van der Waals surface area contributed by atoms with Crippen LogP contribution >= 0.6 is 0 Å². The first-order chi connectivity index (χ1) is 16.2. The number of nitrogens with zero attached hydrogens (tertiary/aromatic N) is 3. The number of rotatable bonds is 4. The van der Waals surface area contributed by atoms with Crippen molar-refractivity contribution in [1.29, 1.82) is 0 Å². The Kier molecular flexibility index (Phi) is 5.27. The van der Waals surface area contributed by atoms with Crippen molar-refractivity contribution in [2.75, 3.05) is 0 Å². The summed E-state index contributed by atoms with van der Waals surface area (Å²) in [6, 6.07) is 10.7. The molecule has 2 aromatic carbocycles. The van der Waals surface area contributed by atoms with Gasteiger partial charge >= 0.3 is 0 Å². The minimum absolute atomic E-state index is 0.0898. The van der Waals surface area contributed by atoms with Crippen molar-refractivity contribution in [1.82, 2.24) is 9.55 Å². The van der Waals surface area contributed by atoms with Crippen LogP contribution in [-0.4, -0.2) is 9.55 Å². The molecule has 0 amide bonds. The summed E-state index contributed by atoms with van der Waals surface area (Å²) in [7, 11) is 1.97. The minimum Gasteiger partial charge on any atom is -0.437 e. The topological polar surface area (TPSA) is 34.8 Å². The van der Waals surface area contributed by atoms with Gasteiger partial charge in [0.05, 0.1) is 17.8 Å². The molecule has 174 valence electrons. The number of halogens is 2. The van der Waals surface area contributed by atoms with E-state index >= 15 is 4.39 Å². The highest BCUT2D eigenvalue weighted by Crippen LogP contribution is 2.40. The number of hydrogen-bond acceptors (Lipinski definition) is 2. The number of hydrogen-bond donors (Lipinski definition) is 0. The third kappa shape index (κ3) is 3.31. The van der Waals surface area contributed by atoms with E-state index in [1.54, 1.807) is 0 Å². The Hall–Kier alpha value is -3.54. The standard InChI is InChI=1S/C28H28F2N3O/c1-15(2)18-8-7-9-19(16(3)4)25(18)33-13-12-32(6)28(33)23-17(5)14-21(29)24-20-10-11-22(30)31-27(20)34-26(23)24/h7-16H,1-6H3/q+1. The highest BCUT2D eigenvalue weighted by atomic mass is 19.1. The molecule has 0 saturated heterocycles. The fourth-order valence-corrected chi connectivity index (χ4v) is 4.91. The molecule has 3 aromatic heterocycles. The summed E-state index contributed by atoms with van der Waals surface area (Å²) in [5.41, 5.74) is 5.53. The van der Waals surface area contributed by atoms with Gasteiger partial charge in [-0.05, 0) is 42.5 Å². The first kappa shape index (κ1) is 22.3. The zero-order chi connectivity index (χ0) is 24.3. The van der Waals surface area contributed by atoms with Crippen LogP contribution < -0.4 is 4.57 Å². The fourth-order valence-electron chi connectivity index (χ4n) is 4.91. The van der Waals surface area contributed by atoms with Crippen LogP contribution in [0.3, 0.4) is 0 Å². The van der Waals surface area contributed by atoms with Gasteiger partial charge in [0, 0.05) is 11.1 Å². The van der Waals surface area contributed by atoms with Crippen molar-refractivity contribution in [2.45, 2.75) is 46.5 Å². The van der Waals surface area contributed by atoms with Crippen molar-refractivity contribution in [3.63, 3.8) is 0 Å². The molecular weight excluding hydrogens is 432 g/mol. The van der Waals surface area contributed by atoms with Crippen LogP contribution in [0.25, 0.3) is 39.1 Å². The smallest absolute Gasteiger partial charge is 0.297 e. The molecule has 0 saturated carbocycles. The molecule has 0 radical (unpaired) electrons. The second-order valence-electron chi connectivity index (χ2n) is 9.54. The number of para-hydroxylation sites is 1. The van der Waals surface area contributed by atoms with Gasteiger partial charge in [-0.2, -0.15) is 13.9 Å². The van der Waals surface area contributed by atoms with E-state index in [1.807, 2.05) is 30.9 Å². The van der Waals surface area contributed by atoms with Crippen LogP contribution in [0.2, 0.25) is 0 Å². The lowest BCUT2D eigenvalue weighted by atomic mass is 9.92. The predicted molar refractivity (Wildman–Crippen MR) is 130 cm³/mol. The Labute approximate surface area is 197 Å². The number of furan rings is 1. The number of aryl methyl sites for hydroxylation is 2. The molecule has 0 atom stereocenters. The first-order valence-corrected chi connectivity index (χ1v) is 11.6. The van der Waals surface area contributed by atoms with Crippen LogP contribution in [0.15, 0.2) is 53.2 Å². The molecule has 3 heterocycles. The van der Waals surface area contributed by atoms with Crippen molar-refractivity contribution in [2.24, 2.45) is 7.05 Å². The zero-order valence-corrected chi connectivity index (χ0v) is 20.3. The van der Waals surface area contributed by atoms with Crippen LogP contribution in [-0.2, 0) is 7.05 Å². The SMILES string of the molecule is Cc1cc(F)c2c(oc3nc(F)ccc32)c1-c1n(-c2c(C(C)C)cccc2C(C)C)cc[n+]1C. The van der Waals surface area contributed by atoms with Crippen LogP contribution in [0.4, 0.5) is 8.78 Å². The molecular formula is C28H28F2N3O+. The largest absolute Gasteiger partial charge is 0.437 e. The molecule has 34 heavy (non-hydrogen) atoms. The highest BCUT2D eigenvalue weighted by Gasteiger charge is 2.31. The van der Waals surface area contributed by atoms with Crippen LogP contribution in [0.5, 0.6) is 0 Å². The Balaban J connectivity index is 1.91. The molecule has 0 aliphatic heterocycles. The third-order valence-corrected chi connectivity index (χ3v) is 6.53. The molecule has 0 aliphatic rings. The zero-order valence-electron chi connectivity index (χ0n) is 20.3. The molecule has 0 fully saturated rings. The van der Waals surface area contributed by atoms with Gasteiger partial charge in [0.2, 0.25) is 11.7 Å². The number of aromatic nitrogens is 3. The van der Waals surface area contributed by atoms with Gasteiger partial charge in [-0.15, -0.1) is 0 Å². The summed E-state index contributed by atoms with van der Waals surface area (Å²) >= 11 is 0. The van der Waals surface area contributed by atoms with Crippen LogP contribution in [0, 0.1) is 18.7 Å². The quantitative estimate of drug-likeness (QED) is 0.212. The number of benzene rings is 2. The van der Waals surface area contributed by atoms with Gasteiger partial charge < -0.3 is 4.42 Å². The van der Waals surface area contributed by atoms with Crippen molar-refractivity contribution in [3.8, 4) is 17.1 Å². The summed E-state index contributed by atoms with van der Waals surface area (Å²) < 4.78 is 39.3. The number of pyridine rings is 1. The van der Waals surface area contributed by atoms with E-state index in [0.29, 0.717) is 28.2 Å². The van der Waals surface area contributed by atoms with E-state index in [-0.39, 0.29) is 5.71 Å². The van der Waals surface area contributed by atoms with E-state index in [9.17, 15) is 4.39 Å². The Bertz CT molecular complexity index is 1530. The molecule has 4 nitrogen and oxygen atoms in total. The summed E-state index contributed by atoms with van der Waals surface area (Å²) in [6.07, 6.45) is 4.03. The predicted octanol–water partition coefficient (Wildman–Crippen LogP) is 7.10. The highest BCUT2D eigenvalue weighted by molar-refractivity contribution is 6.09. The maximum absolute atomic E-state index is 15.2. The van der Waals surface area contributed by atoms with E-state index in [0.717, 1.165) is 22.6 Å². The molecule has 5 rings (SSSR count). The molecule has 6 heteroatoms. The van der Waals surface area contributed by atoms with Gasteiger partial charge in [-0.1, -0.05) is 45.9 Å². The molecule has 0 unspecified atom stereocenters. The summed E-state index contributed by atoms with van der Waals surface area (Å²) in [6.45, 7) is 10.6. The second-order valence-corrected chi connectivity index (χ2v) is 9.54. The van der Waals surface area contributed by atoms with Crippen molar-refractivity contribution >= 4 is 22.1 Å². The normalized spacial score (nSPS) is 12.1. The van der Waals surface area contributed by atoms with E-state index in [1.165, 1.54) is 29.3 Å². The molecule has 0 spiro atoms. The average Bonchev–Trinajstić information content (AvgIpc) is 3.33. The van der Waals surface area contributed by atoms with Crippen molar-refractivity contribution < 1.29 is 17.8 Å². The van der Waals surface area contributed by atoms with Gasteiger partial charge in [0.15, 0.2) is 5.58 Å². The van der Waals surface area contributed by atoms with Gasteiger partial charge in [-0.3, -0.25) is 0 Å². The van der Waals surface area contributed by atoms with E-state index < -0.39 is 11.8 Å². The lowest BCUT2D eigenvalue weighted by Gasteiger charge is -2.18. The Morgan fingerprint density at radius 3 is 2.32 bits per heavy atom. The van der Waals surface area contributed by atoms with Gasteiger partial charge in [-0.25, -0.2) is 8.96 Å². The lowest BCUT2D eigenvalue weighted by molar-refractivity contribution is -0.659. The third-order valence-electron chi connectivity index (χ3n) is 6.53.